The molecule has 0 radical (unpaired) electrons. The van der Waals surface area contributed by atoms with Gasteiger partial charge in [-0.2, -0.15) is 5.26 Å². The molecule has 4 heteroatoms. The molecule has 0 aliphatic rings. The zero-order valence-corrected chi connectivity index (χ0v) is 13.5. The van der Waals surface area contributed by atoms with Crippen molar-refractivity contribution < 1.29 is 4.74 Å². The zero-order valence-electron chi connectivity index (χ0n) is 12.6. The zero-order chi connectivity index (χ0) is 15.2. The lowest BCUT2D eigenvalue weighted by Gasteiger charge is -2.13. The van der Waals surface area contributed by atoms with Crippen molar-refractivity contribution in [1.82, 2.24) is 5.32 Å². The van der Waals surface area contributed by atoms with Crippen LogP contribution in [0.25, 0.3) is 0 Å². The number of methoxy groups -OCH3 is 1. The molecule has 1 aromatic heterocycles. The molecule has 0 aliphatic carbocycles. The molecule has 21 heavy (non-hydrogen) atoms. The first-order chi connectivity index (χ1) is 10.1. The first-order valence-electron chi connectivity index (χ1n) is 6.98. The summed E-state index contributed by atoms with van der Waals surface area (Å²) in [5.41, 5.74) is 1.68. The van der Waals surface area contributed by atoms with Crippen LogP contribution in [0.4, 0.5) is 0 Å². The highest BCUT2D eigenvalue weighted by molar-refractivity contribution is 7.11. The van der Waals surface area contributed by atoms with E-state index in [9.17, 15) is 0 Å². The Balaban J connectivity index is 1.92. The molecule has 0 saturated carbocycles. The van der Waals surface area contributed by atoms with Crippen LogP contribution in [0.5, 0.6) is 5.75 Å². The third kappa shape index (κ3) is 4.32. The minimum Gasteiger partial charge on any atom is -0.495 e. The van der Waals surface area contributed by atoms with Crippen molar-refractivity contribution in [2.75, 3.05) is 7.11 Å². The Labute approximate surface area is 130 Å². The van der Waals surface area contributed by atoms with Gasteiger partial charge in [0.2, 0.25) is 0 Å². The molecular formula is C17H20N2OS. The summed E-state index contributed by atoms with van der Waals surface area (Å²) in [5, 5.41) is 12.6. The van der Waals surface area contributed by atoms with Crippen molar-refractivity contribution in [3.63, 3.8) is 0 Å². The molecule has 0 bridgehead atoms. The molecule has 1 aromatic carbocycles. The summed E-state index contributed by atoms with van der Waals surface area (Å²) in [5.74, 6) is 0.628. The fourth-order valence-corrected chi connectivity index (χ4v) is 3.23. The van der Waals surface area contributed by atoms with Gasteiger partial charge in [0.25, 0.3) is 0 Å². The Morgan fingerprint density at radius 3 is 2.76 bits per heavy atom. The van der Waals surface area contributed by atoms with E-state index in [1.807, 2.05) is 29.5 Å². The monoisotopic (exact) mass is 300 g/mol. The number of hydrogen-bond acceptors (Lipinski definition) is 4. The van der Waals surface area contributed by atoms with Gasteiger partial charge in [-0.1, -0.05) is 6.07 Å². The average Bonchev–Trinajstić information content (AvgIpc) is 2.89. The quantitative estimate of drug-likeness (QED) is 0.885. The maximum atomic E-state index is 9.10. The van der Waals surface area contributed by atoms with Crippen LogP contribution in [0.1, 0.15) is 27.8 Å². The first-order valence-corrected chi connectivity index (χ1v) is 7.79. The molecule has 0 saturated heterocycles. The number of nitrogens with zero attached hydrogens (tertiary/aromatic N) is 1. The van der Waals surface area contributed by atoms with Gasteiger partial charge in [0, 0.05) is 22.3 Å². The van der Waals surface area contributed by atoms with Crippen LogP contribution < -0.4 is 10.1 Å². The molecule has 2 rings (SSSR count). The van der Waals surface area contributed by atoms with Gasteiger partial charge in [-0.05, 0) is 50.1 Å². The number of rotatable bonds is 6. The smallest absolute Gasteiger partial charge is 0.136 e. The van der Waals surface area contributed by atoms with E-state index in [2.05, 4.69) is 37.4 Å². The number of ether oxygens (including phenoxy) is 1. The van der Waals surface area contributed by atoms with Gasteiger partial charge in [0.1, 0.15) is 11.8 Å². The van der Waals surface area contributed by atoms with Gasteiger partial charge in [-0.15, -0.1) is 11.3 Å². The van der Waals surface area contributed by atoms with Crippen molar-refractivity contribution in [2.24, 2.45) is 0 Å². The lowest BCUT2D eigenvalue weighted by Crippen LogP contribution is -2.27. The molecule has 0 amide bonds. The highest BCUT2D eigenvalue weighted by Gasteiger charge is 2.07. The molecule has 110 valence electrons. The Morgan fingerprint density at radius 2 is 2.14 bits per heavy atom. The van der Waals surface area contributed by atoms with Crippen molar-refractivity contribution in [1.29, 1.82) is 5.26 Å². The molecule has 0 fully saturated rings. The lowest BCUT2D eigenvalue weighted by atomic mass is 10.1. The largest absolute Gasteiger partial charge is 0.495 e. The summed E-state index contributed by atoms with van der Waals surface area (Å²) in [7, 11) is 1.58. The molecule has 1 unspecified atom stereocenters. The molecular weight excluding hydrogens is 280 g/mol. The molecule has 2 aromatic rings. The number of aryl methyl sites for hydroxylation is 1. The highest BCUT2D eigenvalue weighted by Crippen LogP contribution is 2.19. The van der Waals surface area contributed by atoms with Gasteiger partial charge in [0.05, 0.1) is 12.7 Å². The summed E-state index contributed by atoms with van der Waals surface area (Å²) in [6.45, 7) is 5.07. The summed E-state index contributed by atoms with van der Waals surface area (Å²) in [4.78, 5) is 2.76. The van der Waals surface area contributed by atoms with E-state index in [1.165, 1.54) is 9.75 Å². The molecule has 0 spiro atoms. The van der Waals surface area contributed by atoms with E-state index in [0.717, 1.165) is 18.5 Å². The van der Waals surface area contributed by atoms with E-state index in [4.69, 9.17) is 10.00 Å². The summed E-state index contributed by atoms with van der Waals surface area (Å²) < 4.78 is 5.16. The molecule has 1 heterocycles. The fraction of sp³-hybridized carbons (Fsp3) is 0.353. The number of hydrogen-bond donors (Lipinski definition) is 1. The van der Waals surface area contributed by atoms with Gasteiger partial charge in [0.15, 0.2) is 0 Å². The van der Waals surface area contributed by atoms with Gasteiger partial charge < -0.3 is 10.1 Å². The minimum atomic E-state index is 0.399. The number of benzene rings is 1. The van der Waals surface area contributed by atoms with Crippen LogP contribution >= 0.6 is 11.3 Å². The maximum absolute atomic E-state index is 9.10. The van der Waals surface area contributed by atoms with E-state index < -0.39 is 0 Å². The number of nitrogens with one attached hydrogen (secondary N) is 1. The summed E-state index contributed by atoms with van der Waals surface area (Å²) in [6.07, 6.45) is 1.03. The topological polar surface area (TPSA) is 45.0 Å². The van der Waals surface area contributed by atoms with Crippen molar-refractivity contribution >= 4 is 11.3 Å². The van der Waals surface area contributed by atoms with E-state index >= 15 is 0 Å². The Morgan fingerprint density at radius 1 is 1.33 bits per heavy atom. The third-order valence-corrected chi connectivity index (χ3v) is 4.37. The SMILES string of the molecule is COc1ccc(CNC(C)Cc2ccc(C)s2)cc1C#N. The van der Waals surface area contributed by atoms with Crippen LogP contribution in [0.2, 0.25) is 0 Å². The molecule has 3 nitrogen and oxygen atoms in total. The Kier molecular flexibility index (Phi) is 5.38. The number of nitriles is 1. The second kappa shape index (κ2) is 7.26. The predicted molar refractivity (Wildman–Crippen MR) is 86.8 cm³/mol. The van der Waals surface area contributed by atoms with Gasteiger partial charge in [-0.25, -0.2) is 0 Å². The average molecular weight is 300 g/mol. The van der Waals surface area contributed by atoms with E-state index in [1.54, 1.807) is 7.11 Å². The summed E-state index contributed by atoms with van der Waals surface area (Å²) >= 11 is 1.85. The maximum Gasteiger partial charge on any atom is 0.136 e. The van der Waals surface area contributed by atoms with Crippen LogP contribution in [-0.2, 0) is 13.0 Å². The molecule has 0 aliphatic heterocycles. The van der Waals surface area contributed by atoms with Crippen molar-refractivity contribution in [3.8, 4) is 11.8 Å². The Hall–Kier alpha value is -1.83. The minimum absolute atomic E-state index is 0.399. The van der Waals surface area contributed by atoms with Gasteiger partial charge in [-0.3, -0.25) is 0 Å². The van der Waals surface area contributed by atoms with E-state index in [-0.39, 0.29) is 0 Å². The Bertz CT molecular complexity index is 642. The number of thiophene rings is 1. The standard InChI is InChI=1S/C17H20N2OS/c1-12(8-16-6-4-13(2)21-16)19-11-14-5-7-17(20-3)15(9-14)10-18/h4-7,9,12,19H,8,11H2,1-3H3. The molecule has 1 N–H and O–H groups in total. The van der Waals surface area contributed by atoms with Crippen LogP contribution in [-0.4, -0.2) is 13.2 Å². The second-order valence-corrected chi connectivity index (χ2v) is 6.52. The van der Waals surface area contributed by atoms with Crippen LogP contribution in [0.3, 0.4) is 0 Å². The lowest BCUT2D eigenvalue weighted by molar-refractivity contribution is 0.413. The predicted octanol–water partition coefficient (Wildman–Crippen LogP) is 3.66. The molecule has 1 atom stereocenters. The van der Waals surface area contributed by atoms with Crippen molar-refractivity contribution in [2.45, 2.75) is 32.9 Å². The van der Waals surface area contributed by atoms with E-state index in [0.29, 0.717) is 17.4 Å². The van der Waals surface area contributed by atoms with Crippen LogP contribution in [0, 0.1) is 18.3 Å². The summed E-state index contributed by atoms with van der Waals surface area (Å²) in [6, 6.07) is 12.6. The first kappa shape index (κ1) is 15.6. The fourth-order valence-electron chi connectivity index (χ4n) is 2.21. The second-order valence-electron chi connectivity index (χ2n) is 5.14. The highest BCUT2D eigenvalue weighted by atomic mass is 32.1. The van der Waals surface area contributed by atoms with Crippen molar-refractivity contribution in [3.05, 3.63) is 51.2 Å². The van der Waals surface area contributed by atoms with Gasteiger partial charge >= 0.3 is 0 Å². The normalized spacial score (nSPS) is 11.9. The third-order valence-electron chi connectivity index (χ3n) is 3.34. The van der Waals surface area contributed by atoms with Crippen LogP contribution in [0.15, 0.2) is 30.3 Å².